The lowest BCUT2D eigenvalue weighted by atomic mass is 10.1. The normalized spacial score (nSPS) is 13.2. The zero-order chi connectivity index (χ0) is 19.3. The third kappa shape index (κ3) is 4.77. The first-order valence-corrected chi connectivity index (χ1v) is 9.76. The van der Waals surface area contributed by atoms with Gasteiger partial charge < -0.3 is 14.7 Å². The second kappa shape index (κ2) is 9.87. The summed E-state index contributed by atoms with van der Waals surface area (Å²) in [6.45, 7) is 3.81. The van der Waals surface area contributed by atoms with Gasteiger partial charge in [0, 0.05) is 37.8 Å². The topological polar surface area (TPSA) is 66.6 Å². The lowest BCUT2D eigenvalue weighted by Crippen LogP contribution is -2.41. The predicted octanol–water partition coefficient (Wildman–Crippen LogP) is 4.10. The Hall–Kier alpha value is -2.42. The summed E-state index contributed by atoms with van der Waals surface area (Å²) >= 11 is 0. The number of hydrogen-bond acceptors (Lipinski definition) is 4. The number of anilines is 1. The Labute approximate surface area is 188 Å². The molecular formula is C22H26IN5O. The van der Waals surface area contributed by atoms with Crippen molar-refractivity contribution >= 4 is 35.6 Å². The number of nitrogens with one attached hydrogen (secondary N) is 1. The van der Waals surface area contributed by atoms with Crippen LogP contribution in [-0.2, 0) is 19.3 Å². The van der Waals surface area contributed by atoms with Crippen molar-refractivity contribution in [1.82, 2.24) is 15.5 Å². The van der Waals surface area contributed by atoms with E-state index in [1.807, 2.05) is 26.1 Å². The minimum Gasteiger partial charge on any atom is -0.356 e. The van der Waals surface area contributed by atoms with Gasteiger partial charge in [0.2, 0.25) is 0 Å². The molecule has 1 aromatic heterocycles. The van der Waals surface area contributed by atoms with Gasteiger partial charge in [-0.05, 0) is 42.2 Å². The summed E-state index contributed by atoms with van der Waals surface area (Å²) in [4.78, 5) is 11.1. The minimum atomic E-state index is 0. The molecule has 7 heteroatoms. The van der Waals surface area contributed by atoms with Crippen LogP contribution in [0.4, 0.5) is 5.69 Å². The van der Waals surface area contributed by atoms with Crippen molar-refractivity contribution in [2.75, 3.05) is 25.0 Å². The third-order valence-corrected chi connectivity index (χ3v) is 5.04. The van der Waals surface area contributed by atoms with Crippen LogP contribution in [0.3, 0.4) is 0 Å². The second-order valence-corrected chi connectivity index (χ2v) is 6.82. The van der Waals surface area contributed by atoms with Crippen LogP contribution in [-0.4, -0.2) is 36.2 Å². The standard InChI is InChI=1S/C22H25N5O.HI/c1-3-20-25-21(28-26-20)18-10-8-16(9-11-18)12-14-24-22(23-2)27-15-13-17-6-4-5-7-19(17)27;/h4-11H,3,12-15H2,1-2H3,(H,23,24);1H. The summed E-state index contributed by atoms with van der Waals surface area (Å²) in [5, 5.41) is 7.44. The molecule has 1 aliphatic heterocycles. The van der Waals surface area contributed by atoms with Crippen LogP contribution >= 0.6 is 24.0 Å². The number of aryl methyl sites for hydroxylation is 1. The molecule has 0 unspecified atom stereocenters. The van der Waals surface area contributed by atoms with Crippen molar-refractivity contribution in [3.05, 3.63) is 65.5 Å². The van der Waals surface area contributed by atoms with Crippen LogP contribution in [0.15, 0.2) is 58.0 Å². The Bertz CT molecular complexity index is 967. The van der Waals surface area contributed by atoms with Crippen molar-refractivity contribution < 1.29 is 4.52 Å². The highest BCUT2D eigenvalue weighted by atomic mass is 127. The Morgan fingerprint density at radius 3 is 2.69 bits per heavy atom. The van der Waals surface area contributed by atoms with E-state index in [0.717, 1.165) is 49.7 Å². The van der Waals surface area contributed by atoms with Crippen LogP contribution in [0, 0.1) is 0 Å². The molecule has 1 N–H and O–H groups in total. The van der Waals surface area contributed by atoms with Gasteiger partial charge in [-0.3, -0.25) is 4.99 Å². The number of aliphatic imine (C=N–C) groups is 1. The number of benzene rings is 2. The second-order valence-electron chi connectivity index (χ2n) is 6.82. The van der Waals surface area contributed by atoms with Gasteiger partial charge in [0.25, 0.3) is 5.89 Å². The third-order valence-electron chi connectivity index (χ3n) is 5.04. The van der Waals surface area contributed by atoms with Crippen LogP contribution in [0.5, 0.6) is 0 Å². The molecule has 152 valence electrons. The maximum Gasteiger partial charge on any atom is 0.257 e. The zero-order valence-electron chi connectivity index (χ0n) is 16.8. The monoisotopic (exact) mass is 503 g/mol. The first-order valence-electron chi connectivity index (χ1n) is 9.76. The number of para-hydroxylation sites is 1. The van der Waals surface area contributed by atoms with Gasteiger partial charge in [0.05, 0.1) is 0 Å². The van der Waals surface area contributed by atoms with Crippen molar-refractivity contribution in [1.29, 1.82) is 0 Å². The molecule has 2 heterocycles. The smallest absolute Gasteiger partial charge is 0.257 e. The van der Waals surface area contributed by atoms with Crippen molar-refractivity contribution in [3.8, 4) is 11.5 Å². The van der Waals surface area contributed by atoms with Crippen LogP contribution in [0.1, 0.15) is 23.9 Å². The lowest BCUT2D eigenvalue weighted by molar-refractivity contribution is 0.423. The van der Waals surface area contributed by atoms with Crippen molar-refractivity contribution in [3.63, 3.8) is 0 Å². The SMILES string of the molecule is CCc1noc(-c2ccc(CCNC(=NC)N3CCc4ccccc43)cc2)n1.I. The highest BCUT2D eigenvalue weighted by Gasteiger charge is 2.22. The van der Waals surface area contributed by atoms with Gasteiger partial charge in [-0.1, -0.05) is 42.4 Å². The molecule has 0 amide bonds. The Morgan fingerprint density at radius 1 is 1.17 bits per heavy atom. The van der Waals surface area contributed by atoms with Crippen LogP contribution in [0.2, 0.25) is 0 Å². The number of halogens is 1. The van der Waals surface area contributed by atoms with Crippen molar-refractivity contribution in [2.24, 2.45) is 4.99 Å². The van der Waals surface area contributed by atoms with E-state index in [0.29, 0.717) is 5.89 Å². The molecule has 0 saturated heterocycles. The largest absolute Gasteiger partial charge is 0.356 e. The number of guanidine groups is 1. The molecule has 0 radical (unpaired) electrons. The first kappa shape index (κ1) is 21.3. The molecule has 0 fully saturated rings. The van der Waals surface area contributed by atoms with Crippen LogP contribution in [0.25, 0.3) is 11.5 Å². The Kier molecular flexibility index (Phi) is 7.24. The van der Waals surface area contributed by atoms with Crippen molar-refractivity contribution in [2.45, 2.75) is 26.2 Å². The van der Waals surface area contributed by atoms with E-state index in [4.69, 9.17) is 4.52 Å². The van der Waals surface area contributed by atoms with Gasteiger partial charge >= 0.3 is 0 Å². The van der Waals surface area contributed by atoms with E-state index in [9.17, 15) is 0 Å². The summed E-state index contributed by atoms with van der Waals surface area (Å²) in [7, 11) is 1.84. The number of hydrogen-bond donors (Lipinski definition) is 1. The summed E-state index contributed by atoms with van der Waals surface area (Å²) in [5.74, 6) is 2.24. The van der Waals surface area contributed by atoms with E-state index < -0.39 is 0 Å². The summed E-state index contributed by atoms with van der Waals surface area (Å²) in [6.07, 6.45) is 2.75. The summed E-state index contributed by atoms with van der Waals surface area (Å²) < 4.78 is 5.30. The lowest BCUT2D eigenvalue weighted by Gasteiger charge is -2.22. The van der Waals surface area contributed by atoms with E-state index in [1.165, 1.54) is 16.8 Å². The molecular weight excluding hydrogens is 477 g/mol. The summed E-state index contributed by atoms with van der Waals surface area (Å²) in [6, 6.07) is 16.8. The highest BCUT2D eigenvalue weighted by Crippen LogP contribution is 2.27. The fraction of sp³-hybridized carbons (Fsp3) is 0.318. The predicted molar refractivity (Wildman–Crippen MR) is 127 cm³/mol. The molecule has 6 nitrogen and oxygen atoms in total. The van der Waals surface area contributed by atoms with E-state index in [1.54, 1.807) is 0 Å². The zero-order valence-corrected chi connectivity index (χ0v) is 19.1. The van der Waals surface area contributed by atoms with Gasteiger partial charge in [-0.25, -0.2) is 0 Å². The van der Waals surface area contributed by atoms with Gasteiger partial charge in [-0.2, -0.15) is 4.98 Å². The molecule has 0 spiro atoms. The Morgan fingerprint density at radius 2 is 1.97 bits per heavy atom. The molecule has 29 heavy (non-hydrogen) atoms. The number of aromatic nitrogens is 2. The maximum atomic E-state index is 5.30. The molecule has 4 rings (SSSR count). The van der Waals surface area contributed by atoms with E-state index >= 15 is 0 Å². The quantitative estimate of drug-likeness (QED) is 0.323. The average molecular weight is 503 g/mol. The summed E-state index contributed by atoms with van der Waals surface area (Å²) in [5.41, 5.74) is 4.84. The average Bonchev–Trinajstić information content (AvgIpc) is 3.39. The molecule has 2 aromatic carbocycles. The molecule has 0 saturated carbocycles. The van der Waals surface area contributed by atoms with E-state index in [2.05, 4.69) is 61.7 Å². The first-order chi connectivity index (χ1) is 13.8. The van der Waals surface area contributed by atoms with E-state index in [-0.39, 0.29) is 24.0 Å². The molecule has 1 aliphatic rings. The molecule has 0 aliphatic carbocycles. The number of nitrogens with zero attached hydrogens (tertiary/aromatic N) is 4. The number of fused-ring (bicyclic) bond motifs is 1. The fourth-order valence-electron chi connectivity index (χ4n) is 3.50. The van der Waals surface area contributed by atoms with Gasteiger partial charge in [-0.15, -0.1) is 24.0 Å². The van der Waals surface area contributed by atoms with Gasteiger partial charge in [0.1, 0.15) is 0 Å². The maximum absolute atomic E-state index is 5.30. The van der Waals surface area contributed by atoms with Crippen LogP contribution < -0.4 is 10.2 Å². The molecule has 3 aromatic rings. The Balaban J connectivity index is 0.00000240. The fourth-order valence-corrected chi connectivity index (χ4v) is 3.50. The van der Waals surface area contributed by atoms with Gasteiger partial charge in [0.15, 0.2) is 11.8 Å². The molecule has 0 atom stereocenters. The number of rotatable bonds is 5. The molecule has 0 bridgehead atoms. The minimum absolute atomic E-state index is 0. The highest BCUT2D eigenvalue weighted by molar-refractivity contribution is 14.0.